The van der Waals surface area contributed by atoms with Crippen LogP contribution >= 0.6 is 0 Å². The number of ether oxygens (including phenoxy) is 3. The summed E-state index contributed by atoms with van der Waals surface area (Å²) in [6.45, 7) is 8.88. The Morgan fingerprint density at radius 3 is 2.15 bits per heavy atom. The Morgan fingerprint density at radius 2 is 1.59 bits per heavy atom. The summed E-state index contributed by atoms with van der Waals surface area (Å²) in [7, 11) is 0. The lowest BCUT2D eigenvalue weighted by Gasteiger charge is -2.13. The standard InChI is InChI=1S/C21H21FO5/c1-5-20(23)26-17-9-7-14(11-16(17)22)15-8-10-18(19(12-15)25-6-2)27-21(24)13(3)4/h7-12H,3,5-6H2,1-2,4H3. The highest BCUT2D eigenvalue weighted by Crippen LogP contribution is 2.34. The molecule has 0 N–H and O–H groups in total. The number of hydrogen-bond donors (Lipinski definition) is 0. The van der Waals surface area contributed by atoms with E-state index in [4.69, 9.17) is 14.2 Å². The van der Waals surface area contributed by atoms with Crippen LogP contribution in [0.15, 0.2) is 48.6 Å². The number of benzene rings is 2. The summed E-state index contributed by atoms with van der Waals surface area (Å²) in [5, 5.41) is 0. The van der Waals surface area contributed by atoms with E-state index in [0.717, 1.165) is 0 Å². The van der Waals surface area contributed by atoms with E-state index in [1.54, 1.807) is 45.0 Å². The van der Waals surface area contributed by atoms with Crippen LogP contribution in [0.3, 0.4) is 0 Å². The van der Waals surface area contributed by atoms with Crippen LogP contribution in [0.2, 0.25) is 0 Å². The molecule has 0 aliphatic carbocycles. The molecule has 0 amide bonds. The van der Waals surface area contributed by atoms with Crippen molar-refractivity contribution in [2.75, 3.05) is 6.61 Å². The van der Waals surface area contributed by atoms with Crippen molar-refractivity contribution in [2.45, 2.75) is 27.2 Å². The first-order chi connectivity index (χ1) is 12.8. The summed E-state index contributed by atoms with van der Waals surface area (Å²) in [6.07, 6.45) is 0.156. The third kappa shape index (κ3) is 5.17. The zero-order chi connectivity index (χ0) is 20.0. The number of carbonyl (C=O) groups is 2. The largest absolute Gasteiger partial charge is 0.490 e. The molecule has 0 radical (unpaired) electrons. The molecule has 0 saturated carbocycles. The third-order valence-electron chi connectivity index (χ3n) is 3.57. The van der Waals surface area contributed by atoms with Crippen molar-refractivity contribution >= 4 is 11.9 Å². The first-order valence-corrected chi connectivity index (χ1v) is 8.50. The lowest BCUT2D eigenvalue weighted by Crippen LogP contribution is -2.09. The maximum atomic E-state index is 14.2. The van der Waals surface area contributed by atoms with Crippen LogP contribution in [-0.4, -0.2) is 18.5 Å². The Labute approximate surface area is 157 Å². The van der Waals surface area contributed by atoms with Crippen molar-refractivity contribution in [3.8, 4) is 28.4 Å². The van der Waals surface area contributed by atoms with Crippen LogP contribution < -0.4 is 14.2 Å². The molecule has 2 aromatic carbocycles. The average Bonchev–Trinajstić information content (AvgIpc) is 2.64. The summed E-state index contributed by atoms with van der Waals surface area (Å²) < 4.78 is 29.9. The highest BCUT2D eigenvalue weighted by Gasteiger charge is 2.14. The van der Waals surface area contributed by atoms with Gasteiger partial charge >= 0.3 is 11.9 Å². The molecule has 0 fully saturated rings. The van der Waals surface area contributed by atoms with Gasteiger partial charge in [0.15, 0.2) is 23.1 Å². The molecule has 0 aliphatic heterocycles. The van der Waals surface area contributed by atoms with Gasteiger partial charge in [-0.1, -0.05) is 25.6 Å². The third-order valence-corrected chi connectivity index (χ3v) is 3.57. The first kappa shape index (κ1) is 20.2. The fourth-order valence-corrected chi connectivity index (χ4v) is 2.19. The van der Waals surface area contributed by atoms with Gasteiger partial charge in [0.25, 0.3) is 0 Å². The Hall–Kier alpha value is -3.15. The molecule has 0 saturated heterocycles. The van der Waals surface area contributed by atoms with Gasteiger partial charge in [-0.15, -0.1) is 0 Å². The maximum Gasteiger partial charge on any atom is 0.338 e. The molecule has 0 spiro atoms. The van der Waals surface area contributed by atoms with Crippen molar-refractivity contribution in [3.05, 3.63) is 54.4 Å². The quantitative estimate of drug-likeness (QED) is 0.401. The van der Waals surface area contributed by atoms with Crippen molar-refractivity contribution in [2.24, 2.45) is 0 Å². The monoisotopic (exact) mass is 372 g/mol. The molecule has 0 heterocycles. The molecular formula is C21H21FO5. The molecule has 0 unspecified atom stereocenters. The average molecular weight is 372 g/mol. The minimum absolute atomic E-state index is 0.123. The van der Waals surface area contributed by atoms with Crippen LogP contribution in [0.5, 0.6) is 17.2 Å². The minimum Gasteiger partial charge on any atom is -0.490 e. The summed E-state index contributed by atoms with van der Waals surface area (Å²) >= 11 is 0. The Morgan fingerprint density at radius 1 is 0.963 bits per heavy atom. The smallest absolute Gasteiger partial charge is 0.338 e. The van der Waals surface area contributed by atoms with E-state index in [1.165, 1.54) is 12.1 Å². The fraction of sp³-hybridized carbons (Fsp3) is 0.238. The van der Waals surface area contributed by atoms with E-state index in [2.05, 4.69) is 6.58 Å². The van der Waals surface area contributed by atoms with Crippen LogP contribution in [0, 0.1) is 5.82 Å². The van der Waals surface area contributed by atoms with Gasteiger partial charge in [-0.25, -0.2) is 9.18 Å². The number of carbonyl (C=O) groups excluding carboxylic acids is 2. The van der Waals surface area contributed by atoms with Gasteiger partial charge in [-0.2, -0.15) is 0 Å². The Kier molecular flexibility index (Phi) is 6.71. The number of esters is 2. The highest BCUT2D eigenvalue weighted by atomic mass is 19.1. The van der Waals surface area contributed by atoms with E-state index in [-0.39, 0.29) is 23.5 Å². The van der Waals surface area contributed by atoms with Gasteiger partial charge in [0.2, 0.25) is 0 Å². The van der Waals surface area contributed by atoms with E-state index in [9.17, 15) is 14.0 Å². The molecule has 0 aromatic heterocycles. The number of rotatable bonds is 7. The molecule has 0 bridgehead atoms. The van der Waals surface area contributed by atoms with E-state index in [0.29, 0.717) is 23.5 Å². The summed E-state index contributed by atoms with van der Waals surface area (Å²) in [6, 6.07) is 9.19. The predicted octanol–water partition coefficient (Wildman–Crippen LogP) is 4.69. The number of halogens is 1. The lowest BCUT2D eigenvalue weighted by atomic mass is 10.0. The van der Waals surface area contributed by atoms with E-state index >= 15 is 0 Å². The summed E-state index contributed by atoms with van der Waals surface area (Å²) in [4.78, 5) is 23.1. The molecule has 0 atom stereocenters. The van der Waals surface area contributed by atoms with Crippen LogP contribution in [0.4, 0.5) is 4.39 Å². The molecular weight excluding hydrogens is 351 g/mol. The van der Waals surface area contributed by atoms with Crippen molar-refractivity contribution in [1.82, 2.24) is 0 Å². The fourth-order valence-electron chi connectivity index (χ4n) is 2.19. The van der Waals surface area contributed by atoms with Crippen molar-refractivity contribution in [1.29, 1.82) is 0 Å². The first-order valence-electron chi connectivity index (χ1n) is 8.50. The molecule has 2 rings (SSSR count). The second kappa shape index (κ2) is 8.98. The van der Waals surface area contributed by atoms with Crippen LogP contribution in [-0.2, 0) is 9.59 Å². The molecule has 5 nitrogen and oxygen atoms in total. The number of hydrogen-bond acceptors (Lipinski definition) is 5. The Bertz CT molecular complexity index is 873. The lowest BCUT2D eigenvalue weighted by molar-refractivity contribution is -0.134. The summed E-state index contributed by atoms with van der Waals surface area (Å²) in [5.74, 6) is -1.23. The van der Waals surface area contributed by atoms with Crippen molar-refractivity contribution in [3.63, 3.8) is 0 Å². The normalized spacial score (nSPS) is 10.2. The van der Waals surface area contributed by atoms with E-state index < -0.39 is 17.8 Å². The van der Waals surface area contributed by atoms with Gasteiger partial charge in [-0.05, 0) is 49.2 Å². The molecule has 2 aromatic rings. The molecule has 6 heteroatoms. The Balaban J connectivity index is 2.34. The highest BCUT2D eigenvalue weighted by molar-refractivity contribution is 5.89. The molecule has 0 aliphatic rings. The second-order valence-electron chi connectivity index (χ2n) is 5.74. The molecule has 142 valence electrons. The van der Waals surface area contributed by atoms with Gasteiger partial charge < -0.3 is 14.2 Å². The zero-order valence-electron chi connectivity index (χ0n) is 15.5. The van der Waals surface area contributed by atoms with Gasteiger partial charge in [-0.3, -0.25) is 4.79 Å². The van der Waals surface area contributed by atoms with Crippen LogP contribution in [0.25, 0.3) is 11.1 Å². The van der Waals surface area contributed by atoms with Crippen molar-refractivity contribution < 1.29 is 28.2 Å². The SMILES string of the molecule is C=C(C)C(=O)Oc1ccc(-c2ccc(OC(=O)CC)c(F)c2)cc1OCC. The van der Waals surface area contributed by atoms with Gasteiger partial charge in [0, 0.05) is 12.0 Å². The van der Waals surface area contributed by atoms with Crippen LogP contribution in [0.1, 0.15) is 27.2 Å². The maximum absolute atomic E-state index is 14.2. The molecule has 27 heavy (non-hydrogen) atoms. The predicted molar refractivity (Wildman–Crippen MR) is 99.4 cm³/mol. The van der Waals surface area contributed by atoms with Gasteiger partial charge in [0.05, 0.1) is 6.61 Å². The van der Waals surface area contributed by atoms with Gasteiger partial charge in [0.1, 0.15) is 0 Å². The second-order valence-corrected chi connectivity index (χ2v) is 5.74. The topological polar surface area (TPSA) is 61.8 Å². The zero-order valence-corrected chi connectivity index (χ0v) is 15.5. The summed E-state index contributed by atoms with van der Waals surface area (Å²) in [5.41, 5.74) is 1.48. The minimum atomic E-state index is -0.648. The van der Waals surface area contributed by atoms with E-state index in [1.807, 2.05) is 0 Å².